The number of H-pyrrole nitrogens is 1. The molecule has 2 heterocycles. The van der Waals surface area contributed by atoms with E-state index in [9.17, 15) is 14.7 Å². The molecule has 1 atom stereocenters. The van der Waals surface area contributed by atoms with Gasteiger partial charge in [-0.1, -0.05) is 29.8 Å². The molecule has 1 aromatic heterocycles. The first-order valence-electron chi connectivity index (χ1n) is 12.3. The first-order chi connectivity index (χ1) is 19.3. The molecule has 0 spiro atoms. The van der Waals surface area contributed by atoms with Crippen molar-refractivity contribution >= 4 is 46.0 Å². The standard InChI is InChI=1S/C29H26ClN3O7/c1-5-40-23-12-15(10-11-20(23)37-2)25-24(26(34)16-13-22(39-4)17(30)14-21(16)38-3)27(35)28(36)33(25)29-31-18-8-6-7-9-19(18)32-29/h6-14,25,34H,5H2,1-4H3,(H,31,32)/b26-24+. The number of carbonyl (C=O) groups excluding carboxylic acids is 2. The third kappa shape index (κ3) is 4.46. The molecule has 1 aliphatic rings. The summed E-state index contributed by atoms with van der Waals surface area (Å²) >= 11 is 6.27. The van der Waals surface area contributed by atoms with Crippen molar-refractivity contribution in [1.29, 1.82) is 0 Å². The second-order valence-corrected chi connectivity index (χ2v) is 9.18. The van der Waals surface area contributed by atoms with Crippen LogP contribution >= 0.6 is 11.6 Å². The number of nitrogens with one attached hydrogen (secondary N) is 1. The maximum absolute atomic E-state index is 13.7. The zero-order chi connectivity index (χ0) is 28.6. The number of imidazole rings is 1. The highest BCUT2D eigenvalue weighted by molar-refractivity contribution is 6.51. The normalized spacial score (nSPS) is 16.4. The Morgan fingerprint density at radius 1 is 0.975 bits per heavy atom. The summed E-state index contributed by atoms with van der Waals surface area (Å²) in [4.78, 5) is 36.2. The van der Waals surface area contributed by atoms with Crippen molar-refractivity contribution in [3.05, 3.63) is 76.3 Å². The lowest BCUT2D eigenvalue weighted by molar-refractivity contribution is -0.132. The van der Waals surface area contributed by atoms with E-state index >= 15 is 0 Å². The van der Waals surface area contributed by atoms with Crippen LogP contribution in [0.15, 0.2) is 60.2 Å². The van der Waals surface area contributed by atoms with Crippen molar-refractivity contribution in [2.24, 2.45) is 0 Å². The Morgan fingerprint density at radius 2 is 1.70 bits per heavy atom. The van der Waals surface area contributed by atoms with Gasteiger partial charge in [-0.15, -0.1) is 0 Å². The molecule has 3 aromatic carbocycles. The van der Waals surface area contributed by atoms with E-state index < -0.39 is 23.5 Å². The van der Waals surface area contributed by atoms with E-state index in [0.717, 1.165) is 0 Å². The molecule has 0 bridgehead atoms. The Balaban J connectivity index is 1.78. The number of para-hydroxylation sites is 2. The van der Waals surface area contributed by atoms with E-state index in [1.54, 1.807) is 24.3 Å². The minimum atomic E-state index is -1.09. The smallest absolute Gasteiger partial charge is 0.302 e. The molecule has 0 radical (unpaired) electrons. The molecule has 40 heavy (non-hydrogen) atoms. The molecule has 206 valence electrons. The topological polar surface area (TPSA) is 123 Å². The maximum Gasteiger partial charge on any atom is 0.302 e. The highest BCUT2D eigenvalue weighted by Gasteiger charge is 2.48. The molecule has 5 rings (SSSR count). The number of benzene rings is 3. The van der Waals surface area contributed by atoms with Gasteiger partial charge >= 0.3 is 5.91 Å². The van der Waals surface area contributed by atoms with Gasteiger partial charge in [0.05, 0.1) is 61.2 Å². The van der Waals surface area contributed by atoms with Gasteiger partial charge < -0.3 is 29.0 Å². The van der Waals surface area contributed by atoms with Gasteiger partial charge in [0.25, 0.3) is 5.78 Å². The second-order valence-electron chi connectivity index (χ2n) is 8.78. The zero-order valence-corrected chi connectivity index (χ0v) is 22.9. The first kappa shape index (κ1) is 26.9. The molecule has 10 nitrogen and oxygen atoms in total. The molecular formula is C29H26ClN3O7. The molecule has 1 saturated heterocycles. The summed E-state index contributed by atoms with van der Waals surface area (Å²) in [7, 11) is 4.33. The van der Waals surface area contributed by atoms with Crippen molar-refractivity contribution in [3.8, 4) is 23.0 Å². The number of nitrogens with zero attached hydrogens (tertiary/aromatic N) is 2. The van der Waals surface area contributed by atoms with Gasteiger partial charge in [0.1, 0.15) is 17.3 Å². The van der Waals surface area contributed by atoms with Gasteiger partial charge in [-0.3, -0.25) is 14.5 Å². The maximum atomic E-state index is 13.7. The van der Waals surface area contributed by atoms with E-state index in [2.05, 4.69) is 9.97 Å². The highest BCUT2D eigenvalue weighted by Crippen LogP contribution is 2.45. The predicted octanol–water partition coefficient (Wildman–Crippen LogP) is 5.27. The number of aromatic amines is 1. The molecule has 2 N–H and O–H groups in total. The lowest BCUT2D eigenvalue weighted by Crippen LogP contribution is -2.30. The number of amides is 1. The van der Waals surface area contributed by atoms with Gasteiger partial charge in [0, 0.05) is 6.07 Å². The Kier molecular flexibility index (Phi) is 7.27. The number of halogens is 1. The Morgan fingerprint density at radius 3 is 2.38 bits per heavy atom. The van der Waals surface area contributed by atoms with Crippen molar-refractivity contribution in [3.63, 3.8) is 0 Å². The Labute approximate surface area is 234 Å². The number of Topliss-reactive ketones (excluding diaryl/α,β-unsaturated/α-hetero) is 1. The van der Waals surface area contributed by atoms with Crippen LogP contribution in [0.1, 0.15) is 24.1 Å². The summed E-state index contributed by atoms with van der Waals surface area (Å²) in [6.07, 6.45) is 0. The van der Waals surface area contributed by atoms with Crippen LogP contribution in [0.25, 0.3) is 16.8 Å². The van der Waals surface area contributed by atoms with E-state index in [1.165, 1.54) is 38.4 Å². The van der Waals surface area contributed by atoms with Gasteiger partial charge in [-0.05, 0) is 42.8 Å². The van der Waals surface area contributed by atoms with Crippen LogP contribution in [0.5, 0.6) is 23.0 Å². The highest BCUT2D eigenvalue weighted by atomic mass is 35.5. The molecule has 1 aliphatic heterocycles. The summed E-state index contributed by atoms with van der Waals surface area (Å²) in [5.41, 5.74) is 1.69. The molecular weight excluding hydrogens is 538 g/mol. The SMILES string of the molecule is CCOc1cc(C2/C(=C(\O)c3cc(OC)c(Cl)cc3OC)C(=O)C(=O)N2c2nc3ccccc3[nH]2)ccc1OC. The molecule has 11 heteroatoms. The summed E-state index contributed by atoms with van der Waals surface area (Å²) in [5.74, 6) is -0.813. The number of carbonyl (C=O) groups is 2. The minimum Gasteiger partial charge on any atom is -0.507 e. The van der Waals surface area contributed by atoms with E-state index in [1.807, 2.05) is 25.1 Å². The fourth-order valence-corrected chi connectivity index (χ4v) is 4.97. The summed E-state index contributed by atoms with van der Waals surface area (Å²) in [6, 6.07) is 14.1. The third-order valence-corrected chi connectivity index (χ3v) is 6.88. The average Bonchev–Trinajstić information content (AvgIpc) is 3.50. The summed E-state index contributed by atoms with van der Waals surface area (Å²) in [5, 5.41) is 11.9. The quantitative estimate of drug-likeness (QED) is 0.169. The zero-order valence-electron chi connectivity index (χ0n) is 22.1. The first-order valence-corrected chi connectivity index (χ1v) is 12.7. The third-order valence-electron chi connectivity index (χ3n) is 6.58. The van der Waals surface area contributed by atoms with Gasteiger partial charge in [0.2, 0.25) is 5.95 Å². The molecule has 0 aliphatic carbocycles. The fraction of sp³-hybridized carbons (Fsp3) is 0.207. The van der Waals surface area contributed by atoms with E-state index in [0.29, 0.717) is 34.7 Å². The molecule has 0 saturated carbocycles. The van der Waals surface area contributed by atoms with Gasteiger partial charge in [-0.25, -0.2) is 4.98 Å². The van der Waals surface area contributed by atoms with Crippen molar-refractivity contribution < 1.29 is 33.6 Å². The summed E-state index contributed by atoms with van der Waals surface area (Å²) < 4.78 is 22.0. The number of anilines is 1. The van der Waals surface area contributed by atoms with Gasteiger partial charge in [-0.2, -0.15) is 0 Å². The number of aliphatic hydroxyl groups is 1. The van der Waals surface area contributed by atoms with Crippen LogP contribution in [0.2, 0.25) is 5.02 Å². The number of hydrogen-bond donors (Lipinski definition) is 2. The minimum absolute atomic E-state index is 0.120. The predicted molar refractivity (Wildman–Crippen MR) is 150 cm³/mol. The number of aliphatic hydroxyl groups excluding tert-OH is 1. The van der Waals surface area contributed by atoms with Crippen molar-refractivity contribution in [2.45, 2.75) is 13.0 Å². The second kappa shape index (κ2) is 10.8. The lowest BCUT2D eigenvalue weighted by atomic mass is 9.94. The van der Waals surface area contributed by atoms with Crippen LogP contribution in [0.3, 0.4) is 0 Å². The number of methoxy groups -OCH3 is 3. The van der Waals surface area contributed by atoms with Crippen LogP contribution < -0.4 is 23.8 Å². The Hall–Kier alpha value is -4.70. The monoisotopic (exact) mass is 563 g/mol. The number of ether oxygens (including phenoxy) is 4. The average molecular weight is 564 g/mol. The van der Waals surface area contributed by atoms with Crippen LogP contribution in [-0.2, 0) is 9.59 Å². The number of fused-ring (bicyclic) bond motifs is 1. The molecule has 4 aromatic rings. The van der Waals surface area contributed by atoms with Crippen molar-refractivity contribution in [1.82, 2.24) is 9.97 Å². The molecule has 1 unspecified atom stereocenters. The number of ketones is 1. The van der Waals surface area contributed by atoms with Crippen LogP contribution in [-0.4, -0.2) is 54.7 Å². The molecule has 1 amide bonds. The van der Waals surface area contributed by atoms with Gasteiger partial charge in [0.15, 0.2) is 11.5 Å². The fourth-order valence-electron chi connectivity index (χ4n) is 4.74. The van der Waals surface area contributed by atoms with Crippen molar-refractivity contribution in [2.75, 3.05) is 32.8 Å². The van der Waals surface area contributed by atoms with Crippen LogP contribution in [0.4, 0.5) is 5.95 Å². The number of rotatable bonds is 8. The van der Waals surface area contributed by atoms with Crippen LogP contribution in [0, 0.1) is 0 Å². The summed E-state index contributed by atoms with van der Waals surface area (Å²) in [6.45, 7) is 2.18. The largest absolute Gasteiger partial charge is 0.507 e. The van der Waals surface area contributed by atoms with E-state index in [-0.39, 0.29) is 33.6 Å². The van der Waals surface area contributed by atoms with E-state index in [4.69, 9.17) is 30.5 Å². The lowest BCUT2D eigenvalue weighted by Gasteiger charge is -2.24. The number of aromatic nitrogens is 2. The number of hydrogen-bond acceptors (Lipinski definition) is 8. The molecule has 1 fully saturated rings. The Bertz CT molecular complexity index is 1630.